The highest BCUT2D eigenvalue weighted by Crippen LogP contribution is 1.74. The average molecular weight is 164 g/mol. The van der Waals surface area contributed by atoms with Crippen LogP contribution >= 0.6 is 0 Å². The summed E-state index contributed by atoms with van der Waals surface area (Å²) in [6.45, 7) is 0. The molecule has 0 heterocycles. The molecule has 2 atom stereocenters. The van der Waals surface area contributed by atoms with Crippen molar-refractivity contribution in [2.45, 2.75) is 0 Å². The van der Waals surface area contributed by atoms with Crippen LogP contribution in [0.5, 0.6) is 0 Å². The summed E-state index contributed by atoms with van der Waals surface area (Å²) in [6, 6.07) is 0. The molecule has 2 unspecified atom stereocenters. The SMILES string of the molecule is O=S(O)S(=O)O.OO. The van der Waals surface area contributed by atoms with Gasteiger partial charge in [-0.15, -0.1) is 0 Å². The van der Waals surface area contributed by atoms with E-state index in [1.54, 1.807) is 0 Å². The van der Waals surface area contributed by atoms with Crippen molar-refractivity contribution >= 4 is 20.2 Å². The predicted molar refractivity (Wildman–Crippen MR) is 26.8 cm³/mol. The smallest absolute Gasteiger partial charge is 0.274 e. The van der Waals surface area contributed by atoms with Crippen LogP contribution in [0.25, 0.3) is 0 Å². The fourth-order valence-electron chi connectivity index (χ4n) is 0. The zero-order chi connectivity index (χ0) is 7.15. The van der Waals surface area contributed by atoms with Crippen LogP contribution in [-0.2, 0) is 20.2 Å². The molecular formula is H4O6S2. The molecule has 0 radical (unpaired) electrons. The predicted octanol–water partition coefficient (Wildman–Crippen LogP) is -0.638. The molecule has 8 heteroatoms. The van der Waals surface area contributed by atoms with Crippen LogP contribution in [-0.4, -0.2) is 28.0 Å². The molecule has 0 saturated heterocycles. The second kappa shape index (κ2) is 7.14. The molecule has 6 nitrogen and oxygen atoms in total. The fraction of sp³-hybridized carbons (Fsp3) is 0. The Hall–Kier alpha value is 0.140. The molecule has 4 N–H and O–H groups in total. The van der Waals surface area contributed by atoms with Crippen molar-refractivity contribution < 1.29 is 28.0 Å². The highest BCUT2D eigenvalue weighted by molar-refractivity contribution is 8.56. The van der Waals surface area contributed by atoms with Gasteiger partial charge < -0.3 is 0 Å². The Morgan fingerprint density at radius 3 is 1.00 bits per heavy atom. The van der Waals surface area contributed by atoms with E-state index in [1.165, 1.54) is 0 Å². The highest BCUT2D eigenvalue weighted by Gasteiger charge is 1.95. The fourth-order valence-corrected chi connectivity index (χ4v) is 0. The van der Waals surface area contributed by atoms with Gasteiger partial charge in [-0.2, -0.15) is 0 Å². The lowest BCUT2D eigenvalue weighted by atomic mass is 15.0. The normalized spacial score (nSPS) is 15.5. The number of hydrogen-bond donors (Lipinski definition) is 4. The number of rotatable bonds is 1. The molecule has 0 aromatic heterocycles. The van der Waals surface area contributed by atoms with E-state index >= 15 is 0 Å². The third-order valence-electron chi connectivity index (χ3n) is 0.122. The van der Waals surface area contributed by atoms with Gasteiger partial charge in [0.1, 0.15) is 0 Å². The van der Waals surface area contributed by atoms with E-state index in [9.17, 15) is 8.42 Å². The average Bonchev–Trinajstić information content (AvgIpc) is 1.72. The molecule has 0 spiro atoms. The summed E-state index contributed by atoms with van der Waals surface area (Å²) in [5, 5.41) is 12.0. The molecule has 0 fully saturated rings. The van der Waals surface area contributed by atoms with Gasteiger partial charge in [0, 0.05) is 0 Å². The summed E-state index contributed by atoms with van der Waals surface area (Å²) in [5.41, 5.74) is 0. The molecule has 0 aliphatic heterocycles. The maximum atomic E-state index is 9.26. The second-order valence-corrected chi connectivity index (χ2v) is 3.01. The van der Waals surface area contributed by atoms with Crippen LogP contribution in [0, 0.1) is 0 Å². The van der Waals surface area contributed by atoms with Crippen molar-refractivity contribution in [2.24, 2.45) is 0 Å². The second-order valence-electron chi connectivity index (χ2n) is 0.434. The topological polar surface area (TPSA) is 115 Å². The minimum absolute atomic E-state index is 2.59. The molecular weight excluding hydrogens is 160 g/mol. The van der Waals surface area contributed by atoms with Crippen molar-refractivity contribution in [2.75, 3.05) is 0 Å². The maximum absolute atomic E-state index is 9.26. The van der Waals surface area contributed by atoms with Crippen molar-refractivity contribution in [3.8, 4) is 0 Å². The van der Waals surface area contributed by atoms with Crippen LogP contribution < -0.4 is 0 Å². The van der Waals surface area contributed by atoms with Crippen LogP contribution in [0.15, 0.2) is 0 Å². The van der Waals surface area contributed by atoms with Gasteiger partial charge in [-0.05, 0) is 0 Å². The Labute approximate surface area is 49.1 Å². The van der Waals surface area contributed by atoms with Gasteiger partial charge in [-0.25, -0.2) is 8.42 Å². The summed E-state index contributed by atoms with van der Waals surface area (Å²) in [4.78, 5) is 0. The molecule has 0 bridgehead atoms. The van der Waals surface area contributed by atoms with Gasteiger partial charge in [0.25, 0.3) is 20.2 Å². The standard InChI is InChI=1S/H2O4S2.H2O2/c1-5(2)6(3)4;1-2/h(H,1,2)(H,3,4);1-2H. The molecule has 52 valence electrons. The van der Waals surface area contributed by atoms with E-state index in [0.717, 1.165) is 0 Å². The van der Waals surface area contributed by atoms with Crippen LogP contribution in [0.3, 0.4) is 0 Å². The monoisotopic (exact) mass is 164 g/mol. The Kier molecular flexibility index (Phi) is 9.82. The Balaban J connectivity index is 0. The molecule has 0 aliphatic rings. The molecule has 0 aromatic rings. The van der Waals surface area contributed by atoms with E-state index in [2.05, 4.69) is 0 Å². The first kappa shape index (κ1) is 11.0. The van der Waals surface area contributed by atoms with E-state index < -0.39 is 20.2 Å². The lowest BCUT2D eigenvalue weighted by Gasteiger charge is -1.74. The summed E-state index contributed by atoms with van der Waals surface area (Å²) in [5.74, 6) is 0. The minimum Gasteiger partial charge on any atom is -0.294 e. The first-order valence-corrected chi connectivity index (χ1v) is 3.80. The van der Waals surface area contributed by atoms with Crippen LogP contribution in [0.1, 0.15) is 0 Å². The first-order chi connectivity index (χ1) is 3.64. The lowest BCUT2D eigenvalue weighted by Crippen LogP contribution is -1.93. The van der Waals surface area contributed by atoms with E-state index in [4.69, 9.17) is 19.6 Å². The van der Waals surface area contributed by atoms with Gasteiger partial charge in [0.05, 0.1) is 0 Å². The van der Waals surface area contributed by atoms with Crippen molar-refractivity contribution in [3.63, 3.8) is 0 Å². The zero-order valence-electron chi connectivity index (χ0n) is 3.42. The summed E-state index contributed by atoms with van der Waals surface area (Å²) in [7, 11) is -5.18. The van der Waals surface area contributed by atoms with Crippen molar-refractivity contribution in [3.05, 3.63) is 0 Å². The summed E-state index contributed by atoms with van der Waals surface area (Å²) in [6.07, 6.45) is 0. The van der Waals surface area contributed by atoms with E-state index in [-0.39, 0.29) is 0 Å². The Morgan fingerprint density at radius 2 is 1.00 bits per heavy atom. The van der Waals surface area contributed by atoms with Gasteiger partial charge in [-0.3, -0.25) is 19.6 Å². The third kappa shape index (κ3) is 9.46. The Morgan fingerprint density at radius 1 is 0.875 bits per heavy atom. The first-order valence-electron chi connectivity index (χ1n) is 1.07. The van der Waals surface area contributed by atoms with Crippen LogP contribution in [0.2, 0.25) is 0 Å². The Bertz CT molecular complexity index is 72.5. The maximum Gasteiger partial charge on any atom is 0.274 e. The van der Waals surface area contributed by atoms with Gasteiger partial charge in [-0.1, -0.05) is 0 Å². The third-order valence-corrected chi connectivity index (χ3v) is 1.10. The highest BCUT2D eigenvalue weighted by atomic mass is 33.2. The largest absolute Gasteiger partial charge is 0.294 e. The van der Waals surface area contributed by atoms with Gasteiger partial charge in [0.2, 0.25) is 0 Å². The molecule has 0 aliphatic carbocycles. The van der Waals surface area contributed by atoms with Crippen molar-refractivity contribution in [1.82, 2.24) is 0 Å². The quantitative estimate of drug-likeness (QED) is 0.177. The summed E-state index contributed by atoms with van der Waals surface area (Å²) < 4.78 is 33.6. The lowest BCUT2D eigenvalue weighted by molar-refractivity contribution is -0.176. The molecule has 0 saturated carbocycles. The van der Waals surface area contributed by atoms with E-state index in [1.807, 2.05) is 0 Å². The van der Waals surface area contributed by atoms with Crippen molar-refractivity contribution in [1.29, 1.82) is 0 Å². The molecule has 8 heavy (non-hydrogen) atoms. The molecule has 0 aromatic carbocycles. The number of hydrogen-bond acceptors (Lipinski definition) is 4. The van der Waals surface area contributed by atoms with Gasteiger partial charge >= 0.3 is 0 Å². The zero-order valence-corrected chi connectivity index (χ0v) is 5.05. The molecule has 0 rings (SSSR count). The minimum atomic E-state index is -2.59. The van der Waals surface area contributed by atoms with E-state index in [0.29, 0.717) is 0 Å². The molecule has 0 amide bonds. The summed E-state index contributed by atoms with van der Waals surface area (Å²) >= 11 is 0. The van der Waals surface area contributed by atoms with Gasteiger partial charge in [0.15, 0.2) is 0 Å². The van der Waals surface area contributed by atoms with Crippen LogP contribution in [0.4, 0.5) is 0 Å².